The summed E-state index contributed by atoms with van der Waals surface area (Å²) in [5.74, 6) is 0.634. The Morgan fingerprint density at radius 1 is 1.21 bits per heavy atom. The molecule has 1 heterocycles. The number of pyridine rings is 1. The highest BCUT2D eigenvalue weighted by molar-refractivity contribution is 6.30. The van der Waals surface area contributed by atoms with Gasteiger partial charge in [-0.25, -0.2) is 0 Å². The summed E-state index contributed by atoms with van der Waals surface area (Å²) in [6.45, 7) is 0.402. The van der Waals surface area contributed by atoms with Crippen molar-refractivity contribution in [3.8, 4) is 5.75 Å². The Balaban J connectivity index is 1.91. The highest BCUT2D eigenvalue weighted by atomic mass is 35.5. The predicted octanol–water partition coefficient (Wildman–Crippen LogP) is 4.17. The normalized spacial score (nSPS) is 10.6. The number of carbonyl (C=O) groups excluding carboxylic acids is 1. The van der Waals surface area contributed by atoms with E-state index in [2.05, 4.69) is 4.98 Å². The zero-order valence-corrected chi connectivity index (χ0v) is 14.2. The standard InChI is InChI=1S/C19H17ClN2O2/c1-22(12-13-11-14(20)7-8-18(13)24-2)19(23)16-9-10-21-17-6-4-3-5-15(16)17/h3-11H,12H2,1-2H3. The van der Waals surface area contributed by atoms with Crippen molar-refractivity contribution >= 4 is 28.4 Å². The number of halogens is 1. The van der Waals surface area contributed by atoms with E-state index in [4.69, 9.17) is 16.3 Å². The number of methoxy groups -OCH3 is 1. The van der Waals surface area contributed by atoms with Gasteiger partial charge in [0.15, 0.2) is 0 Å². The van der Waals surface area contributed by atoms with Crippen LogP contribution >= 0.6 is 11.6 Å². The van der Waals surface area contributed by atoms with E-state index in [0.29, 0.717) is 22.9 Å². The Morgan fingerprint density at radius 3 is 2.79 bits per heavy atom. The van der Waals surface area contributed by atoms with Crippen molar-refractivity contribution in [1.82, 2.24) is 9.88 Å². The molecular weight excluding hydrogens is 324 g/mol. The monoisotopic (exact) mass is 340 g/mol. The van der Waals surface area contributed by atoms with Crippen LogP contribution in [0, 0.1) is 0 Å². The first kappa shape index (κ1) is 16.3. The molecule has 0 aliphatic rings. The van der Waals surface area contributed by atoms with Gasteiger partial charge in [0, 0.05) is 35.8 Å². The summed E-state index contributed by atoms with van der Waals surface area (Å²) in [6, 6.07) is 14.7. The lowest BCUT2D eigenvalue weighted by Crippen LogP contribution is -2.26. The maximum atomic E-state index is 12.9. The van der Waals surface area contributed by atoms with Gasteiger partial charge in [0.05, 0.1) is 18.2 Å². The van der Waals surface area contributed by atoms with Gasteiger partial charge in [-0.05, 0) is 30.3 Å². The molecule has 0 saturated heterocycles. The third-order valence-corrected chi connectivity index (χ3v) is 4.11. The van der Waals surface area contributed by atoms with Gasteiger partial charge in [0.2, 0.25) is 0 Å². The van der Waals surface area contributed by atoms with Crippen molar-refractivity contribution in [3.05, 3.63) is 70.9 Å². The van der Waals surface area contributed by atoms with Gasteiger partial charge in [0.1, 0.15) is 5.75 Å². The number of ether oxygens (including phenoxy) is 1. The Labute approximate surface area is 145 Å². The minimum atomic E-state index is -0.0735. The number of hydrogen-bond acceptors (Lipinski definition) is 3. The van der Waals surface area contributed by atoms with Gasteiger partial charge >= 0.3 is 0 Å². The van der Waals surface area contributed by atoms with Crippen molar-refractivity contribution in [1.29, 1.82) is 0 Å². The molecule has 3 rings (SSSR count). The molecule has 24 heavy (non-hydrogen) atoms. The van der Waals surface area contributed by atoms with Crippen LogP contribution in [0.1, 0.15) is 15.9 Å². The molecule has 0 aliphatic heterocycles. The number of nitrogens with zero attached hydrogens (tertiary/aromatic N) is 2. The Kier molecular flexibility index (Phi) is 4.67. The van der Waals surface area contributed by atoms with E-state index < -0.39 is 0 Å². The van der Waals surface area contributed by atoms with Crippen molar-refractivity contribution in [3.63, 3.8) is 0 Å². The molecule has 0 bridgehead atoms. The lowest BCUT2D eigenvalue weighted by Gasteiger charge is -2.20. The first-order valence-corrected chi connectivity index (χ1v) is 7.89. The third-order valence-electron chi connectivity index (χ3n) is 3.88. The van der Waals surface area contributed by atoms with E-state index in [9.17, 15) is 4.79 Å². The number of rotatable bonds is 4. The molecule has 3 aromatic rings. The topological polar surface area (TPSA) is 42.4 Å². The summed E-state index contributed by atoms with van der Waals surface area (Å²) in [7, 11) is 3.36. The van der Waals surface area contributed by atoms with Gasteiger partial charge in [-0.1, -0.05) is 29.8 Å². The van der Waals surface area contributed by atoms with Crippen LogP contribution < -0.4 is 4.74 Å². The van der Waals surface area contributed by atoms with Gasteiger partial charge < -0.3 is 9.64 Å². The first-order chi connectivity index (χ1) is 11.6. The second-order valence-corrected chi connectivity index (χ2v) is 5.93. The molecule has 1 aromatic heterocycles. The summed E-state index contributed by atoms with van der Waals surface area (Å²) < 4.78 is 5.35. The molecule has 0 aliphatic carbocycles. The SMILES string of the molecule is COc1ccc(Cl)cc1CN(C)C(=O)c1ccnc2ccccc12. The maximum absolute atomic E-state index is 12.9. The summed E-state index contributed by atoms with van der Waals surface area (Å²) in [5, 5.41) is 1.45. The van der Waals surface area contributed by atoms with Crippen LogP contribution in [0.15, 0.2) is 54.7 Å². The zero-order valence-electron chi connectivity index (χ0n) is 13.5. The second kappa shape index (κ2) is 6.89. The van der Waals surface area contributed by atoms with Gasteiger partial charge in [0.25, 0.3) is 5.91 Å². The number of hydrogen-bond donors (Lipinski definition) is 0. The fourth-order valence-corrected chi connectivity index (χ4v) is 2.88. The summed E-state index contributed by atoms with van der Waals surface area (Å²) in [5.41, 5.74) is 2.29. The van der Waals surface area contributed by atoms with Crippen LogP contribution in [0.2, 0.25) is 5.02 Å². The third kappa shape index (κ3) is 3.19. The highest BCUT2D eigenvalue weighted by Crippen LogP contribution is 2.25. The zero-order chi connectivity index (χ0) is 17.1. The molecule has 0 fully saturated rings. The molecule has 0 unspecified atom stereocenters. The molecule has 0 saturated carbocycles. The summed E-state index contributed by atoms with van der Waals surface area (Å²) in [6.07, 6.45) is 1.66. The van der Waals surface area contributed by atoms with Crippen molar-refractivity contribution < 1.29 is 9.53 Å². The number of amides is 1. The van der Waals surface area contributed by atoms with E-state index in [-0.39, 0.29) is 5.91 Å². The molecule has 0 atom stereocenters. The van der Waals surface area contributed by atoms with E-state index in [1.807, 2.05) is 30.3 Å². The molecule has 1 amide bonds. The van der Waals surface area contributed by atoms with Crippen molar-refractivity contribution in [2.45, 2.75) is 6.54 Å². The summed E-state index contributed by atoms with van der Waals surface area (Å²) in [4.78, 5) is 18.8. The molecule has 5 heteroatoms. The van der Waals surface area contributed by atoms with E-state index in [0.717, 1.165) is 16.5 Å². The van der Waals surface area contributed by atoms with Crippen LogP contribution in [0.4, 0.5) is 0 Å². The molecule has 2 aromatic carbocycles. The predicted molar refractivity (Wildman–Crippen MR) is 95.5 cm³/mol. The molecule has 0 spiro atoms. The van der Waals surface area contributed by atoms with E-state index in [1.54, 1.807) is 43.5 Å². The van der Waals surface area contributed by atoms with Crippen LogP contribution in [0.25, 0.3) is 10.9 Å². The first-order valence-electron chi connectivity index (χ1n) is 7.52. The fraction of sp³-hybridized carbons (Fsp3) is 0.158. The van der Waals surface area contributed by atoms with Crippen LogP contribution in [-0.4, -0.2) is 29.9 Å². The van der Waals surface area contributed by atoms with E-state index >= 15 is 0 Å². The Bertz CT molecular complexity index is 890. The van der Waals surface area contributed by atoms with Crippen LogP contribution in [0.5, 0.6) is 5.75 Å². The van der Waals surface area contributed by atoms with Gasteiger partial charge in [-0.2, -0.15) is 0 Å². The quantitative estimate of drug-likeness (QED) is 0.716. The lowest BCUT2D eigenvalue weighted by molar-refractivity contribution is 0.0786. The average molecular weight is 341 g/mol. The molecule has 0 radical (unpaired) electrons. The average Bonchev–Trinajstić information content (AvgIpc) is 2.61. The minimum absolute atomic E-state index is 0.0735. The molecule has 122 valence electrons. The highest BCUT2D eigenvalue weighted by Gasteiger charge is 2.17. The number of fused-ring (bicyclic) bond motifs is 1. The minimum Gasteiger partial charge on any atom is -0.496 e. The van der Waals surface area contributed by atoms with Crippen LogP contribution in [0.3, 0.4) is 0 Å². The smallest absolute Gasteiger partial charge is 0.254 e. The number of aromatic nitrogens is 1. The lowest BCUT2D eigenvalue weighted by atomic mass is 10.1. The second-order valence-electron chi connectivity index (χ2n) is 5.49. The Hall–Kier alpha value is -2.59. The van der Waals surface area contributed by atoms with E-state index in [1.165, 1.54) is 0 Å². The van der Waals surface area contributed by atoms with Crippen molar-refractivity contribution in [2.75, 3.05) is 14.2 Å². The molecule has 4 nitrogen and oxygen atoms in total. The largest absolute Gasteiger partial charge is 0.496 e. The maximum Gasteiger partial charge on any atom is 0.254 e. The van der Waals surface area contributed by atoms with Gasteiger partial charge in [-0.3, -0.25) is 9.78 Å². The molecule has 0 N–H and O–H groups in total. The fourth-order valence-electron chi connectivity index (χ4n) is 2.69. The summed E-state index contributed by atoms with van der Waals surface area (Å²) >= 11 is 6.06. The Morgan fingerprint density at radius 2 is 2.00 bits per heavy atom. The van der Waals surface area contributed by atoms with Gasteiger partial charge in [-0.15, -0.1) is 0 Å². The number of carbonyl (C=O) groups is 1. The van der Waals surface area contributed by atoms with Crippen LogP contribution in [-0.2, 0) is 6.54 Å². The molecular formula is C19H17ClN2O2. The number of para-hydroxylation sites is 1. The number of benzene rings is 2. The van der Waals surface area contributed by atoms with Crippen molar-refractivity contribution in [2.24, 2.45) is 0 Å².